The van der Waals surface area contributed by atoms with Crippen molar-refractivity contribution in [3.8, 4) is 0 Å². The number of ether oxygens (including phenoxy) is 1. The van der Waals surface area contributed by atoms with Crippen molar-refractivity contribution >= 4 is 5.91 Å². The average molecular weight is 340 g/mol. The second-order valence-corrected chi connectivity index (χ2v) is 6.38. The summed E-state index contributed by atoms with van der Waals surface area (Å²) in [5.41, 5.74) is 9.26. The Morgan fingerprint density at radius 3 is 2.36 bits per heavy atom. The monoisotopic (exact) mass is 340 g/mol. The lowest BCUT2D eigenvalue weighted by atomic mass is 9.99. The van der Waals surface area contributed by atoms with Gasteiger partial charge in [-0.2, -0.15) is 0 Å². The van der Waals surface area contributed by atoms with Gasteiger partial charge in [-0.15, -0.1) is 0 Å². The molecule has 1 amide bonds. The minimum Gasteiger partial charge on any atom is -0.372 e. The van der Waals surface area contributed by atoms with E-state index in [4.69, 9.17) is 10.5 Å². The molecule has 2 atom stereocenters. The van der Waals surface area contributed by atoms with Gasteiger partial charge in [-0.1, -0.05) is 74.9 Å². The molecule has 2 aromatic rings. The minimum atomic E-state index is -0.466. The molecule has 0 saturated carbocycles. The zero-order valence-electron chi connectivity index (χ0n) is 15.1. The van der Waals surface area contributed by atoms with Gasteiger partial charge >= 0.3 is 0 Å². The number of hydrogen-bond acceptors (Lipinski definition) is 3. The molecule has 0 spiro atoms. The number of benzene rings is 2. The van der Waals surface area contributed by atoms with Crippen LogP contribution in [0.4, 0.5) is 0 Å². The summed E-state index contributed by atoms with van der Waals surface area (Å²) in [6, 6.07) is 17.6. The molecule has 0 aliphatic carbocycles. The highest BCUT2D eigenvalue weighted by Crippen LogP contribution is 2.12. The third kappa shape index (κ3) is 6.00. The third-order valence-corrected chi connectivity index (χ3v) is 4.50. The topological polar surface area (TPSA) is 64.4 Å². The molecule has 0 bridgehead atoms. The van der Waals surface area contributed by atoms with E-state index in [2.05, 4.69) is 5.32 Å². The maximum Gasteiger partial charge on any atom is 0.237 e. The first-order chi connectivity index (χ1) is 12.1. The Kier molecular flexibility index (Phi) is 7.64. The number of hydrogen-bond donors (Lipinski definition) is 2. The number of rotatable bonds is 9. The van der Waals surface area contributed by atoms with Crippen LogP contribution in [0, 0.1) is 5.92 Å². The smallest absolute Gasteiger partial charge is 0.237 e. The van der Waals surface area contributed by atoms with Gasteiger partial charge in [-0.25, -0.2) is 0 Å². The number of carbonyl (C=O) groups excluding carboxylic acids is 1. The third-order valence-electron chi connectivity index (χ3n) is 4.50. The predicted octanol–water partition coefficient (Wildman–Crippen LogP) is 3.39. The quantitative estimate of drug-likeness (QED) is 0.735. The molecular weight excluding hydrogens is 312 g/mol. The molecule has 3 N–H and O–H groups in total. The van der Waals surface area contributed by atoms with E-state index in [1.165, 1.54) is 0 Å². The fraction of sp³-hybridized carbons (Fsp3) is 0.381. The van der Waals surface area contributed by atoms with Crippen molar-refractivity contribution in [1.29, 1.82) is 0 Å². The summed E-state index contributed by atoms with van der Waals surface area (Å²) in [5, 5.41) is 2.94. The first-order valence-corrected chi connectivity index (χ1v) is 8.83. The van der Waals surface area contributed by atoms with Crippen molar-refractivity contribution in [2.45, 2.75) is 46.1 Å². The minimum absolute atomic E-state index is 0.102. The SMILES string of the molecule is CCC(C)C(N)C(=O)NCc1ccccc1COCc1ccccc1. The number of carbonyl (C=O) groups is 1. The Morgan fingerprint density at radius 2 is 1.68 bits per heavy atom. The molecular formula is C21H28N2O2. The highest BCUT2D eigenvalue weighted by atomic mass is 16.5. The Bertz CT molecular complexity index is 658. The molecule has 4 nitrogen and oxygen atoms in total. The molecule has 0 heterocycles. The first kappa shape index (κ1) is 19.2. The van der Waals surface area contributed by atoms with E-state index in [0.29, 0.717) is 19.8 Å². The van der Waals surface area contributed by atoms with Crippen LogP contribution in [0.5, 0.6) is 0 Å². The van der Waals surface area contributed by atoms with Gasteiger partial charge in [-0.3, -0.25) is 4.79 Å². The Hall–Kier alpha value is -2.17. The van der Waals surface area contributed by atoms with Crippen molar-refractivity contribution in [3.05, 3.63) is 71.3 Å². The standard InChI is InChI=1S/C21H28N2O2/c1-3-16(2)20(22)21(24)23-13-18-11-7-8-12-19(18)15-25-14-17-9-5-4-6-10-17/h4-12,16,20H,3,13-15,22H2,1-2H3,(H,23,24). The van der Waals surface area contributed by atoms with Crippen LogP contribution in [0.25, 0.3) is 0 Å². The lowest BCUT2D eigenvalue weighted by Gasteiger charge is -2.18. The lowest BCUT2D eigenvalue weighted by Crippen LogP contribution is -2.44. The maximum atomic E-state index is 12.2. The van der Waals surface area contributed by atoms with Crippen LogP contribution in [0.1, 0.15) is 37.0 Å². The van der Waals surface area contributed by atoms with Crippen LogP contribution in [-0.4, -0.2) is 11.9 Å². The van der Waals surface area contributed by atoms with Crippen LogP contribution < -0.4 is 11.1 Å². The summed E-state index contributed by atoms with van der Waals surface area (Å²) in [5.74, 6) is 0.0683. The summed E-state index contributed by atoms with van der Waals surface area (Å²) < 4.78 is 5.82. The summed E-state index contributed by atoms with van der Waals surface area (Å²) in [4.78, 5) is 12.2. The second kappa shape index (κ2) is 9.97. The molecule has 0 aliphatic rings. The summed E-state index contributed by atoms with van der Waals surface area (Å²) in [7, 11) is 0. The maximum absolute atomic E-state index is 12.2. The van der Waals surface area contributed by atoms with E-state index < -0.39 is 6.04 Å². The van der Waals surface area contributed by atoms with Gasteiger partial charge in [0.1, 0.15) is 0 Å². The zero-order chi connectivity index (χ0) is 18.1. The molecule has 2 unspecified atom stereocenters. The van der Waals surface area contributed by atoms with Crippen molar-refractivity contribution in [1.82, 2.24) is 5.32 Å². The largest absolute Gasteiger partial charge is 0.372 e. The van der Waals surface area contributed by atoms with Gasteiger partial charge < -0.3 is 15.8 Å². The van der Waals surface area contributed by atoms with E-state index in [0.717, 1.165) is 23.1 Å². The van der Waals surface area contributed by atoms with E-state index in [1.54, 1.807) is 0 Å². The average Bonchev–Trinajstić information content (AvgIpc) is 2.66. The molecule has 0 fully saturated rings. The van der Waals surface area contributed by atoms with Crippen LogP contribution in [0.15, 0.2) is 54.6 Å². The van der Waals surface area contributed by atoms with Gasteiger partial charge in [0, 0.05) is 6.54 Å². The lowest BCUT2D eigenvalue weighted by molar-refractivity contribution is -0.123. The Balaban J connectivity index is 1.88. The molecule has 134 valence electrons. The van der Waals surface area contributed by atoms with Gasteiger partial charge in [-0.05, 0) is 22.6 Å². The molecule has 0 radical (unpaired) electrons. The molecule has 0 saturated heterocycles. The van der Waals surface area contributed by atoms with Crippen LogP contribution in [-0.2, 0) is 29.3 Å². The Morgan fingerprint density at radius 1 is 1.04 bits per heavy atom. The zero-order valence-corrected chi connectivity index (χ0v) is 15.1. The van der Waals surface area contributed by atoms with E-state index in [-0.39, 0.29) is 11.8 Å². The highest BCUT2D eigenvalue weighted by Gasteiger charge is 2.19. The molecule has 0 aromatic heterocycles. The summed E-state index contributed by atoms with van der Waals surface area (Å²) in [6.45, 7) is 5.58. The molecule has 0 aliphatic heterocycles. The van der Waals surface area contributed by atoms with Gasteiger partial charge in [0.05, 0.1) is 19.3 Å². The highest BCUT2D eigenvalue weighted by molar-refractivity contribution is 5.81. The van der Waals surface area contributed by atoms with Gasteiger partial charge in [0.2, 0.25) is 5.91 Å². The van der Waals surface area contributed by atoms with Crippen molar-refractivity contribution in [2.75, 3.05) is 0 Å². The van der Waals surface area contributed by atoms with Crippen molar-refractivity contribution in [3.63, 3.8) is 0 Å². The first-order valence-electron chi connectivity index (χ1n) is 8.83. The van der Waals surface area contributed by atoms with E-state index in [1.807, 2.05) is 68.4 Å². The molecule has 4 heteroatoms. The molecule has 25 heavy (non-hydrogen) atoms. The van der Waals surface area contributed by atoms with Crippen molar-refractivity contribution < 1.29 is 9.53 Å². The fourth-order valence-corrected chi connectivity index (χ4v) is 2.54. The summed E-state index contributed by atoms with van der Waals surface area (Å²) in [6.07, 6.45) is 0.887. The van der Waals surface area contributed by atoms with E-state index >= 15 is 0 Å². The summed E-state index contributed by atoms with van der Waals surface area (Å²) >= 11 is 0. The molecule has 2 aromatic carbocycles. The predicted molar refractivity (Wildman–Crippen MR) is 101 cm³/mol. The Labute approximate surface area is 150 Å². The van der Waals surface area contributed by atoms with Crippen LogP contribution >= 0.6 is 0 Å². The second-order valence-electron chi connectivity index (χ2n) is 6.38. The molecule has 2 rings (SSSR count). The van der Waals surface area contributed by atoms with E-state index in [9.17, 15) is 4.79 Å². The number of amides is 1. The van der Waals surface area contributed by atoms with Crippen LogP contribution in [0.2, 0.25) is 0 Å². The number of nitrogens with two attached hydrogens (primary N) is 1. The van der Waals surface area contributed by atoms with Crippen molar-refractivity contribution in [2.24, 2.45) is 11.7 Å². The van der Waals surface area contributed by atoms with Gasteiger partial charge in [0.25, 0.3) is 0 Å². The normalized spacial score (nSPS) is 13.2. The number of nitrogens with one attached hydrogen (secondary N) is 1. The fourth-order valence-electron chi connectivity index (χ4n) is 2.54. The van der Waals surface area contributed by atoms with Gasteiger partial charge in [0.15, 0.2) is 0 Å². The van der Waals surface area contributed by atoms with Crippen LogP contribution in [0.3, 0.4) is 0 Å².